The first-order valence-electron chi connectivity index (χ1n) is 11.5. The van der Waals surface area contributed by atoms with Crippen LogP contribution in [0.1, 0.15) is 45.7 Å². The lowest BCUT2D eigenvalue weighted by Crippen LogP contribution is -2.38. The number of fused-ring (bicyclic) bond motifs is 2. The minimum Gasteiger partial charge on any atom is -0.488 e. The van der Waals surface area contributed by atoms with E-state index in [1.807, 2.05) is 0 Å². The molecule has 0 fully saturated rings. The molecule has 0 saturated carbocycles. The molecule has 0 spiro atoms. The number of hydrogen-bond acceptors (Lipinski definition) is 8. The summed E-state index contributed by atoms with van der Waals surface area (Å²) in [5.41, 5.74) is 7.51. The van der Waals surface area contributed by atoms with Crippen LogP contribution in [-0.4, -0.2) is 45.5 Å². The highest BCUT2D eigenvalue weighted by Crippen LogP contribution is 2.35. The molecule has 4 heterocycles. The van der Waals surface area contributed by atoms with E-state index < -0.39 is 17.8 Å². The smallest absolute Gasteiger partial charge is 0.416 e. The van der Waals surface area contributed by atoms with Gasteiger partial charge < -0.3 is 26.0 Å². The Balaban J connectivity index is 1.43. The van der Waals surface area contributed by atoms with Crippen molar-refractivity contribution in [1.82, 2.24) is 19.9 Å². The number of halogens is 4. The largest absolute Gasteiger partial charge is 0.488 e. The molecule has 5 rings (SSSR count). The Morgan fingerprint density at radius 3 is 2.86 bits per heavy atom. The third kappa shape index (κ3) is 5.06. The highest BCUT2D eigenvalue weighted by atomic mass is 35.5. The molecular formula is C24H23ClF3N7O2. The van der Waals surface area contributed by atoms with E-state index in [9.17, 15) is 18.0 Å². The number of alkyl halides is 3. The Morgan fingerprint density at radius 1 is 1.27 bits per heavy atom. The molecule has 194 valence electrons. The minimum atomic E-state index is -4.53. The topological polar surface area (TPSA) is 118 Å². The van der Waals surface area contributed by atoms with Crippen LogP contribution in [0.25, 0.3) is 0 Å². The summed E-state index contributed by atoms with van der Waals surface area (Å²) in [5.74, 6) is 0.611. The van der Waals surface area contributed by atoms with Gasteiger partial charge in [0.15, 0.2) is 5.75 Å². The van der Waals surface area contributed by atoms with E-state index in [4.69, 9.17) is 22.1 Å². The molecule has 0 radical (unpaired) electrons. The maximum absolute atomic E-state index is 13.5. The molecule has 0 unspecified atom stereocenters. The summed E-state index contributed by atoms with van der Waals surface area (Å²) in [6.07, 6.45) is -1.05. The highest BCUT2D eigenvalue weighted by Gasteiger charge is 2.32. The first kappa shape index (κ1) is 24.9. The molecule has 2 aliphatic rings. The van der Waals surface area contributed by atoms with E-state index >= 15 is 0 Å². The number of carbonyl (C=O) groups excluding carboxylic acids is 1. The number of rotatable bonds is 4. The van der Waals surface area contributed by atoms with Crippen LogP contribution in [0.15, 0.2) is 30.6 Å². The number of nitrogens with one attached hydrogen (secondary N) is 2. The second-order valence-corrected chi connectivity index (χ2v) is 9.17. The van der Waals surface area contributed by atoms with Gasteiger partial charge in [-0.25, -0.2) is 9.97 Å². The maximum atomic E-state index is 13.5. The van der Waals surface area contributed by atoms with Crippen molar-refractivity contribution in [2.75, 3.05) is 36.1 Å². The summed E-state index contributed by atoms with van der Waals surface area (Å²) >= 11 is 6.15. The van der Waals surface area contributed by atoms with Gasteiger partial charge in [-0.05, 0) is 42.3 Å². The molecule has 2 aliphatic heterocycles. The molecule has 1 aromatic carbocycles. The number of anilines is 3. The Hall–Kier alpha value is -3.80. The predicted octanol–water partition coefficient (Wildman–Crippen LogP) is 4.30. The molecule has 1 amide bonds. The van der Waals surface area contributed by atoms with E-state index in [0.29, 0.717) is 65.8 Å². The number of aromatic nitrogens is 3. The molecule has 0 bridgehead atoms. The average Bonchev–Trinajstić information content (AvgIpc) is 2.86. The van der Waals surface area contributed by atoms with Gasteiger partial charge in [-0.2, -0.15) is 13.2 Å². The van der Waals surface area contributed by atoms with Gasteiger partial charge in [0.1, 0.15) is 12.4 Å². The van der Waals surface area contributed by atoms with E-state index in [1.165, 1.54) is 12.3 Å². The summed E-state index contributed by atoms with van der Waals surface area (Å²) in [6.45, 7) is 3.31. The van der Waals surface area contributed by atoms with Crippen LogP contribution < -0.4 is 21.1 Å². The van der Waals surface area contributed by atoms with Crippen molar-refractivity contribution in [2.45, 2.75) is 32.1 Å². The molecule has 0 aliphatic carbocycles. The summed E-state index contributed by atoms with van der Waals surface area (Å²) in [5, 5.41) is 6.34. The number of carbonyl (C=O) groups is 1. The highest BCUT2D eigenvalue weighted by molar-refractivity contribution is 6.28. The van der Waals surface area contributed by atoms with Crippen molar-refractivity contribution >= 4 is 34.7 Å². The Kier molecular flexibility index (Phi) is 6.44. The fraction of sp³-hybridized carbons (Fsp3) is 0.333. The number of nitrogens with two attached hydrogens (primary N) is 1. The van der Waals surface area contributed by atoms with Crippen LogP contribution in [-0.2, 0) is 19.1 Å². The first-order valence-corrected chi connectivity index (χ1v) is 11.9. The molecule has 0 saturated heterocycles. The number of amides is 1. The lowest BCUT2D eigenvalue weighted by atomic mass is 10.0. The lowest BCUT2D eigenvalue weighted by Gasteiger charge is -2.31. The number of benzene rings is 1. The van der Waals surface area contributed by atoms with Gasteiger partial charge in [-0.15, -0.1) is 0 Å². The number of ether oxygens (including phenoxy) is 1. The Labute approximate surface area is 215 Å². The van der Waals surface area contributed by atoms with Crippen molar-refractivity contribution in [3.8, 4) is 5.75 Å². The van der Waals surface area contributed by atoms with Crippen molar-refractivity contribution in [3.63, 3.8) is 0 Å². The number of nitrogen functional groups attached to an aromatic ring is 1. The van der Waals surface area contributed by atoms with Crippen molar-refractivity contribution in [1.29, 1.82) is 0 Å². The normalized spacial score (nSPS) is 15.6. The molecule has 9 nitrogen and oxygen atoms in total. The van der Waals surface area contributed by atoms with Crippen LogP contribution in [0.4, 0.5) is 30.4 Å². The van der Waals surface area contributed by atoms with Crippen LogP contribution in [0, 0.1) is 0 Å². The predicted molar refractivity (Wildman–Crippen MR) is 132 cm³/mol. The number of hydrogen-bond donors (Lipinski definition) is 3. The van der Waals surface area contributed by atoms with E-state index in [2.05, 4.69) is 25.6 Å². The molecule has 3 aromatic rings. The van der Waals surface area contributed by atoms with Crippen LogP contribution in [0.2, 0.25) is 5.28 Å². The Bertz CT molecular complexity index is 1370. The van der Waals surface area contributed by atoms with Gasteiger partial charge in [0.2, 0.25) is 5.28 Å². The van der Waals surface area contributed by atoms with Gasteiger partial charge in [0.25, 0.3) is 5.91 Å². The van der Waals surface area contributed by atoms with Crippen LogP contribution in [0.3, 0.4) is 0 Å². The van der Waals surface area contributed by atoms with Crippen LogP contribution >= 0.6 is 11.6 Å². The maximum Gasteiger partial charge on any atom is 0.416 e. The minimum absolute atomic E-state index is 0.000500. The monoisotopic (exact) mass is 533 g/mol. The zero-order valence-corrected chi connectivity index (χ0v) is 20.5. The van der Waals surface area contributed by atoms with Gasteiger partial charge in [0.05, 0.1) is 41.3 Å². The van der Waals surface area contributed by atoms with E-state index in [-0.39, 0.29) is 23.4 Å². The van der Waals surface area contributed by atoms with E-state index in [0.717, 1.165) is 12.1 Å². The Morgan fingerprint density at radius 2 is 2.08 bits per heavy atom. The zero-order chi connectivity index (χ0) is 26.3. The molecule has 2 aromatic heterocycles. The van der Waals surface area contributed by atoms with Crippen molar-refractivity contribution in [2.24, 2.45) is 0 Å². The summed E-state index contributed by atoms with van der Waals surface area (Å²) in [4.78, 5) is 27.8. The number of nitrogens with zero attached hydrogens (tertiary/aromatic N) is 4. The average molecular weight is 534 g/mol. The summed E-state index contributed by atoms with van der Waals surface area (Å²) in [7, 11) is 0. The zero-order valence-electron chi connectivity index (χ0n) is 19.7. The molecule has 13 heteroatoms. The fourth-order valence-electron chi connectivity index (χ4n) is 4.46. The number of pyridine rings is 1. The van der Waals surface area contributed by atoms with Gasteiger partial charge in [-0.1, -0.05) is 0 Å². The molecule has 4 N–H and O–H groups in total. The van der Waals surface area contributed by atoms with Crippen molar-refractivity contribution < 1.29 is 22.7 Å². The lowest BCUT2D eigenvalue weighted by molar-refractivity contribution is -0.137. The van der Waals surface area contributed by atoms with Crippen LogP contribution in [0.5, 0.6) is 5.75 Å². The quantitative estimate of drug-likeness (QED) is 0.335. The molecule has 37 heavy (non-hydrogen) atoms. The van der Waals surface area contributed by atoms with Crippen molar-refractivity contribution in [3.05, 3.63) is 63.8 Å². The summed E-state index contributed by atoms with van der Waals surface area (Å²) < 4.78 is 45.5. The SMILES string of the molecule is C[C@@H](Nc1nc(Cl)nc2c1CN(C(=O)c1cncc3c1NCCO3)CC2)c1cc(N)cc(C(F)(F)F)c1. The molecule has 1 atom stereocenters. The molecular weight excluding hydrogens is 511 g/mol. The van der Waals surface area contributed by atoms with Gasteiger partial charge >= 0.3 is 6.18 Å². The second kappa shape index (κ2) is 9.58. The summed E-state index contributed by atoms with van der Waals surface area (Å²) in [6, 6.07) is 2.80. The van der Waals surface area contributed by atoms with E-state index in [1.54, 1.807) is 18.0 Å². The second-order valence-electron chi connectivity index (χ2n) is 8.83. The third-order valence-electron chi connectivity index (χ3n) is 6.28. The standard InChI is InChI=1S/C24H23ClF3N7O2/c1-12(13-6-14(24(26,27)28)8-15(29)7-13)32-21-17-11-35(4-2-18(17)33-23(25)34-21)22(36)16-9-30-10-19-20(16)31-3-5-37-19/h6-10,12,31H,2-5,11,29H2,1H3,(H,32,33,34)/t12-/m1/s1. The fourth-order valence-corrected chi connectivity index (χ4v) is 4.64. The third-order valence-corrected chi connectivity index (χ3v) is 6.45. The van der Waals surface area contributed by atoms with Gasteiger partial charge in [0, 0.05) is 37.0 Å². The first-order chi connectivity index (χ1) is 17.6. The van der Waals surface area contributed by atoms with Gasteiger partial charge in [-0.3, -0.25) is 9.78 Å².